The van der Waals surface area contributed by atoms with E-state index in [1.54, 1.807) is 19.1 Å². The minimum atomic E-state index is -0.406. The van der Waals surface area contributed by atoms with E-state index in [2.05, 4.69) is 11.8 Å². The van der Waals surface area contributed by atoms with Crippen molar-refractivity contribution in [1.29, 1.82) is 0 Å². The molecule has 6 heteroatoms. The first-order chi connectivity index (χ1) is 10.1. The number of hydrogen-bond acceptors (Lipinski definition) is 5. The zero-order chi connectivity index (χ0) is 15.7. The Morgan fingerprint density at radius 1 is 1.38 bits per heavy atom. The van der Waals surface area contributed by atoms with Crippen molar-refractivity contribution in [1.82, 2.24) is 4.90 Å². The largest absolute Gasteiger partial charge is 0.465 e. The summed E-state index contributed by atoms with van der Waals surface area (Å²) in [4.78, 5) is 26.7. The van der Waals surface area contributed by atoms with Crippen LogP contribution in [0, 0.1) is 11.8 Å². The Morgan fingerprint density at radius 3 is 2.76 bits per heavy atom. The van der Waals surface area contributed by atoms with Gasteiger partial charge in [0.1, 0.15) is 13.2 Å². The van der Waals surface area contributed by atoms with Crippen molar-refractivity contribution in [3.63, 3.8) is 0 Å². The molecule has 1 amide bonds. The van der Waals surface area contributed by atoms with Crippen LogP contribution in [0.5, 0.6) is 0 Å². The van der Waals surface area contributed by atoms with E-state index < -0.39 is 5.97 Å². The van der Waals surface area contributed by atoms with Gasteiger partial charge < -0.3 is 14.7 Å². The fourth-order valence-electron chi connectivity index (χ4n) is 1.69. The molecule has 0 saturated carbocycles. The van der Waals surface area contributed by atoms with Gasteiger partial charge in [0.15, 0.2) is 0 Å². The minimum absolute atomic E-state index is 0.0456. The molecule has 0 aliphatic carbocycles. The number of ether oxygens (including phenoxy) is 1. The highest BCUT2D eigenvalue weighted by atomic mass is 32.1. The van der Waals surface area contributed by atoms with Crippen LogP contribution >= 0.6 is 11.3 Å². The summed E-state index contributed by atoms with van der Waals surface area (Å²) < 4.78 is 4.88. The lowest BCUT2D eigenvalue weighted by Gasteiger charge is -2.20. The van der Waals surface area contributed by atoms with E-state index in [1.165, 1.54) is 16.2 Å². The Hall–Kier alpha value is -1.84. The maximum atomic E-state index is 12.4. The highest BCUT2D eigenvalue weighted by molar-refractivity contribution is 7.14. The quantitative estimate of drug-likeness (QED) is 0.639. The van der Waals surface area contributed by atoms with Crippen LogP contribution in [0.15, 0.2) is 12.1 Å². The number of thiophene rings is 1. The van der Waals surface area contributed by atoms with Crippen LogP contribution in [0.4, 0.5) is 0 Å². The van der Waals surface area contributed by atoms with Gasteiger partial charge in [0.25, 0.3) is 5.91 Å². The maximum Gasteiger partial charge on any atom is 0.325 e. The molecule has 0 aromatic carbocycles. The van der Waals surface area contributed by atoms with Crippen molar-refractivity contribution in [2.75, 3.05) is 26.3 Å². The molecule has 0 unspecified atom stereocenters. The summed E-state index contributed by atoms with van der Waals surface area (Å²) in [6.07, 6.45) is 0.758. The average molecular weight is 309 g/mol. The van der Waals surface area contributed by atoms with Gasteiger partial charge in [-0.25, -0.2) is 0 Å². The van der Waals surface area contributed by atoms with Crippen LogP contribution in [-0.4, -0.2) is 48.2 Å². The van der Waals surface area contributed by atoms with Gasteiger partial charge in [0, 0.05) is 6.54 Å². The first-order valence-corrected chi connectivity index (χ1v) is 7.58. The van der Waals surface area contributed by atoms with Crippen molar-refractivity contribution in [2.24, 2.45) is 0 Å². The number of hydrogen-bond donors (Lipinski definition) is 1. The van der Waals surface area contributed by atoms with Crippen LogP contribution in [-0.2, 0) is 9.53 Å². The second kappa shape index (κ2) is 9.16. The number of carbonyl (C=O) groups is 2. The van der Waals surface area contributed by atoms with Crippen LogP contribution in [0.3, 0.4) is 0 Å². The normalized spacial score (nSPS) is 9.67. The van der Waals surface area contributed by atoms with Gasteiger partial charge in [-0.15, -0.1) is 11.3 Å². The van der Waals surface area contributed by atoms with Crippen LogP contribution in [0.25, 0.3) is 0 Å². The molecule has 1 N–H and O–H groups in total. The fourth-order valence-corrected chi connectivity index (χ4v) is 2.54. The number of rotatable bonds is 6. The molecule has 1 rings (SSSR count). The van der Waals surface area contributed by atoms with Gasteiger partial charge in [0.05, 0.1) is 16.4 Å². The van der Waals surface area contributed by atoms with Gasteiger partial charge in [-0.2, -0.15) is 0 Å². The summed E-state index contributed by atoms with van der Waals surface area (Å²) in [5.41, 5.74) is 0. The smallest absolute Gasteiger partial charge is 0.325 e. The molecule has 0 bridgehead atoms. The number of aliphatic hydroxyl groups excluding tert-OH is 1. The Morgan fingerprint density at radius 2 is 2.14 bits per heavy atom. The summed E-state index contributed by atoms with van der Waals surface area (Å²) in [6, 6.07) is 3.41. The molecule has 1 aromatic heterocycles. The van der Waals surface area contributed by atoms with E-state index in [0.29, 0.717) is 22.9 Å². The third kappa shape index (κ3) is 5.58. The SMILES string of the molecule is CCCN(CC(=O)OCC)C(=O)c1ccc(C#CCO)s1. The van der Waals surface area contributed by atoms with Gasteiger partial charge in [-0.3, -0.25) is 9.59 Å². The molecule has 0 aliphatic heterocycles. The summed E-state index contributed by atoms with van der Waals surface area (Å²) in [7, 11) is 0. The minimum Gasteiger partial charge on any atom is -0.465 e. The summed E-state index contributed by atoms with van der Waals surface area (Å²) in [5.74, 6) is 4.69. The van der Waals surface area contributed by atoms with Gasteiger partial charge in [-0.1, -0.05) is 18.8 Å². The maximum absolute atomic E-state index is 12.4. The van der Waals surface area contributed by atoms with Crippen molar-refractivity contribution in [3.05, 3.63) is 21.9 Å². The molecule has 0 atom stereocenters. The zero-order valence-corrected chi connectivity index (χ0v) is 13.0. The molecule has 0 aliphatic rings. The molecule has 0 radical (unpaired) electrons. The molecular formula is C15H19NO4S. The Bertz CT molecular complexity index is 541. The highest BCUT2D eigenvalue weighted by Crippen LogP contribution is 2.17. The third-order valence-corrected chi connectivity index (χ3v) is 3.50. The number of carbonyl (C=O) groups excluding carboxylic acids is 2. The average Bonchev–Trinajstić information content (AvgIpc) is 2.93. The summed E-state index contributed by atoms with van der Waals surface area (Å²) in [5, 5.41) is 8.66. The second-order valence-corrected chi connectivity index (χ2v) is 5.24. The molecule has 0 fully saturated rings. The van der Waals surface area contributed by atoms with Gasteiger partial charge in [0.2, 0.25) is 0 Å². The summed E-state index contributed by atoms with van der Waals surface area (Å²) >= 11 is 1.25. The van der Waals surface area contributed by atoms with E-state index >= 15 is 0 Å². The molecule has 1 aromatic rings. The molecule has 0 saturated heterocycles. The number of nitrogens with zero attached hydrogens (tertiary/aromatic N) is 1. The van der Waals surface area contributed by atoms with Crippen molar-refractivity contribution in [2.45, 2.75) is 20.3 Å². The topological polar surface area (TPSA) is 66.8 Å². The van der Waals surface area contributed by atoms with Crippen LogP contribution in [0.1, 0.15) is 34.8 Å². The molecule has 1 heterocycles. The summed E-state index contributed by atoms with van der Waals surface area (Å²) in [6.45, 7) is 4.20. The van der Waals surface area contributed by atoms with Crippen molar-refractivity contribution < 1.29 is 19.4 Å². The van der Waals surface area contributed by atoms with E-state index in [4.69, 9.17) is 9.84 Å². The van der Waals surface area contributed by atoms with Crippen LogP contribution in [0.2, 0.25) is 0 Å². The number of aliphatic hydroxyl groups is 1. The fraction of sp³-hybridized carbons (Fsp3) is 0.467. The first-order valence-electron chi connectivity index (χ1n) is 6.76. The molecular weight excluding hydrogens is 290 g/mol. The lowest BCUT2D eigenvalue weighted by Crippen LogP contribution is -2.36. The van der Waals surface area contributed by atoms with Gasteiger partial charge in [-0.05, 0) is 25.5 Å². The van der Waals surface area contributed by atoms with E-state index in [-0.39, 0.29) is 19.1 Å². The Labute approximate surface area is 128 Å². The predicted molar refractivity (Wildman–Crippen MR) is 81.1 cm³/mol. The predicted octanol–water partition coefficient (Wildman–Crippen LogP) is 1.51. The molecule has 114 valence electrons. The lowest BCUT2D eigenvalue weighted by atomic mass is 10.3. The number of amides is 1. The van der Waals surface area contributed by atoms with Crippen molar-refractivity contribution >= 4 is 23.2 Å². The Balaban J connectivity index is 2.80. The zero-order valence-electron chi connectivity index (χ0n) is 12.2. The lowest BCUT2D eigenvalue weighted by molar-refractivity contribution is -0.143. The van der Waals surface area contributed by atoms with Gasteiger partial charge >= 0.3 is 5.97 Å². The Kier molecular flexibility index (Phi) is 7.51. The first kappa shape index (κ1) is 17.2. The van der Waals surface area contributed by atoms with Crippen LogP contribution < -0.4 is 0 Å². The third-order valence-electron chi connectivity index (χ3n) is 2.51. The standard InChI is InChI=1S/C15H19NO4S/c1-3-9-16(11-14(18)20-4-2)15(19)13-8-7-12(21-13)6-5-10-17/h7-8,17H,3-4,9-11H2,1-2H3. The van der Waals surface area contributed by atoms with Crippen molar-refractivity contribution in [3.8, 4) is 11.8 Å². The molecule has 21 heavy (non-hydrogen) atoms. The highest BCUT2D eigenvalue weighted by Gasteiger charge is 2.20. The monoisotopic (exact) mass is 309 g/mol. The molecule has 0 spiro atoms. The van der Waals surface area contributed by atoms with E-state index in [9.17, 15) is 9.59 Å². The second-order valence-electron chi connectivity index (χ2n) is 4.16. The van der Waals surface area contributed by atoms with E-state index in [0.717, 1.165) is 6.42 Å². The van der Waals surface area contributed by atoms with E-state index in [1.807, 2.05) is 6.92 Å². The number of esters is 1. The molecule has 5 nitrogen and oxygen atoms in total.